The third-order valence-electron chi connectivity index (χ3n) is 2.04. The molecule has 14 heavy (non-hydrogen) atoms. The summed E-state index contributed by atoms with van der Waals surface area (Å²) in [7, 11) is 1.57. The maximum Gasteiger partial charge on any atom is 0.229 e. The number of aromatic nitrogens is 1. The standard InChI is InChI=1S/C12H9NO/c1-3-9-8-10-6-4-5-7-11(10)13-12(9)14-2/h1,4-8H,2H3. The first-order valence-corrected chi connectivity index (χ1v) is 4.25. The molecule has 0 atom stereocenters. The van der Waals surface area contributed by atoms with E-state index < -0.39 is 0 Å². The van der Waals surface area contributed by atoms with Crippen LogP contribution in [0.1, 0.15) is 5.56 Å². The molecular weight excluding hydrogens is 174 g/mol. The molecule has 0 aliphatic heterocycles. The lowest BCUT2D eigenvalue weighted by molar-refractivity contribution is 0.398. The van der Waals surface area contributed by atoms with Gasteiger partial charge >= 0.3 is 0 Å². The number of methoxy groups -OCH3 is 1. The Morgan fingerprint density at radius 2 is 2.14 bits per heavy atom. The van der Waals surface area contributed by atoms with Crippen LogP contribution in [0, 0.1) is 12.3 Å². The second kappa shape index (κ2) is 3.39. The lowest BCUT2D eigenvalue weighted by Gasteiger charge is -2.03. The van der Waals surface area contributed by atoms with E-state index >= 15 is 0 Å². The van der Waals surface area contributed by atoms with E-state index in [0.717, 1.165) is 10.9 Å². The summed E-state index contributed by atoms with van der Waals surface area (Å²) in [6, 6.07) is 9.70. The van der Waals surface area contributed by atoms with Gasteiger partial charge in [-0.15, -0.1) is 6.42 Å². The van der Waals surface area contributed by atoms with Gasteiger partial charge in [0.05, 0.1) is 18.2 Å². The number of fused-ring (bicyclic) bond motifs is 1. The fourth-order valence-corrected chi connectivity index (χ4v) is 1.36. The van der Waals surface area contributed by atoms with Crippen LogP contribution in [0.5, 0.6) is 5.88 Å². The monoisotopic (exact) mass is 183 g/mol. The summed E-state index contributed by atoms with van der Waals surface area (Å²) in [5.74, 6) is 3.06. The summed E-state index contributed by atoms with van der Waals surface area (Å²) in [6.07, 6.45) is 5.35. The van der Waals surface area contributed by atoms with E-state index in [4.69, 9.17) is 11.2 Å². The summed E-state index contributed by atoms with van der Waals surface area (Å²) in [4.78, 5) is 4.30. The highest BCUT2D eigenvalue weighted by atomic mass is 16.5. The minimum Gasteiger partial charge on any atom is -0.480 e. The third-order valence-corrected chi connectivity index (χ3v) is 2.04. The first-order valence-electron chi connectivity index (χ1n) is 4.25. The van der Waals surface area contributed by atoms with Crippen molar-refractivity contribution in [3.63, 3.8) is 0 Å². The van der Waals surface area contributed by atoms with Crippen LogP contribution in [-0.4, -0.2) is 12.1 Å². The number of benzene rings is 1. The number of nitrogens with zero attached hydrogens (tertiary/aromatic N) is 1. The van der Waals surface area contributed by atoms with Crippen molar-refractivity contribution in [2.45, 2.75) is 0 Å². The molecule has 0 saturated carbocycles. The molecule has 0 bridgehead atoms. The van der Waals surface area contributed by atoms with E-state index in [1.54, 1.807) is 7.11 Å². The van der Waals surface area contributed by atoms with Crippen LogP contribution >= 0.6 is 0 Å². The van der Waals surface area contributed by atoms with Gasteiger partial charge in [0, 0.05) is 5.39 Å². The Bertz CT molecular complexity index is 511. The highest BCUT2D eigenvalue weighted by molar-refractivity contribution is 5.81. The summed E-state index contributed by atoms with van der Waals surface area (Å²) in [5, 5.41) is 1.03. The number of hydrogen-bond acceptors (Lipinski definition) is 2. The van der Waals surface area contributed by atoms with Crippen LogP contribution in [0.15, 0.2) is 30.3 Å². The molecule has 0 aliphatic carbocycles. The zero-order valence-corrected chi connectivity index (χ0v) is 7.82. The van der Waals surface area contributed by atoms with Crippen molar-refractivity contribution in [3.05, 3.63) is 35.9 Å². The van der Waals surface area contributed by atoms with Gasteiger partial charge in [0.2, 0.25) is 5.88 Å². The topological polar surface area (TPSA) is 22.1 Å². The molecule has 0 saturated heterocycles. The molecule has 0 unspecified atom stereocenters. The van der Waals surface area contributed by atoms with Crippen molar-refractivity contribution in [3.8, 4) is 18.2 Å². The molecule has 0 spiro atoms. The molecule has 2 nitrogen and oxygen atoms in total. The molecule has 2 aromatic rings. The molecule has 0 radical (unpaired) electrons. The normalized spacial score (nSPS) is 9.71. The Morgan fingerprint density at radius 1 is 1.36 bits per heavy atom. The molecular formula is C12H9NO. The minimum absolute atomic E-state index is 0.506. The maximum absolute atomic E-state index is 5.35. The second-order valence-corrected chi connectivity index (χ2v) is 2.88. The minimum atomic E-state index is 0.506. The Labute approximate surface area is 82.5 Å². The lowest BCUT2D eigenvalue weighted by atomic mass is 10.1. The van der Waals surface area contributed by atoms with Crippen LogP contribution in [0.2, 0.25) is 0 Å². The highest BCUT2D eigenvalue weighted by Gasteiger charge is 2.03. The van der Waals surface area contributed by atoms with E-state index in [-0.39, 0.29) is 0 Å². The third kappa shape index (κ3) is 1.29. The Morgan fingerprint density at radius 3 is 2.86 bits per heavy atom. The molecule has 2 rings (SSSR count). The SMILES string of the molecule is C#Cc1cc2ccccc2nc1OC. The van der Waals surface area contributed by atoms with Gasteiger partial charge in [-0.1, -0.05) is 24.1 Å². The molecule has 1 heterocycles. The zero-order chi connectivity index (χ0) is 9.97. The molecule has 0 aliphatic rings. The predicted octanol–water partition coefficient (Wildman–Crippen LogP) is 2.22. The van der Waals surface area contributed by atoms with Crippen molar-refractivity contribution in [2.75, 3.05) is 7.11 Å². The van der Waals surface area contributed by atoms with Crippen molar-refractivity contribution < 1.29 is 4.74 Å². The summed E-state index contributed by atoms with van der Waals surface area (Å²) >= 11 is 0. The number of pyridine rings is 1. The quantitative estimate of drug-likeness (QED) is 0.632. The fourth-order valence-electron chi connectivity index (χ4n) is 1.36. The predicted molar refractivity (Wildman–Crippen MR) is 56.2 cm³/mol. The van der Waals surface area contributed by atoms with Gasteiger partial charge in [-0.25, -0.2) is 4.98 Å². The summed E-state index contributed by atoms with van der Waals surface area (Å²) < 4.78 is 5.09. The van der Waals surface area contributed by atoms with Gasteiger partial charge in [-0.2, -0.15) is 0 Å². The van der Waals surface area contributed by atoms with E-state index in [2.05, 4.69) is 10.9 Å². The van der Waals surface area contributed by atoms with Crippen molar-refractivity contribution >= 4 is 10.9 Å². The number of ether oxygens (including phenoxy) is 1. The van der Waals surface area contributed by atoms with Gasteiger partial charge < -0.3 is 4.74 Å². The summed E-state index contributed by atoms with van der Waals surface area (Å²) in [5.41, 5.74) is 1.58. The molecule has 1 aromatic heterocycles. The molecule has 0 fully saturated rings. The molecule has 68 valence electrons. The van der Waals surface area contributed by atoms with Crippen molar-refractivity contribution in [1.82, 2.24) is 4.98 Å². The average Bonchev–Trinajstić information content (AvgIpc) is 2.27. The number of hydrogen-bond donors (Lipinski definition) is 0. The molecule has 0 amide bonds. The Hall–Kier alpha value is -2.01. The smallest absolute Gasteiger partial charge is 0.229 e. The zero-order valence-electron chi connectivity index (χ0n) is 7.82. The number of rotatable bonds is 1. The van der Waals surface area contributed by atoms with Crippen LogP contribution in [0.25, 0.3) is 10.9 Å². The van der Waals surface area contributed by atoms with Gasteiger partial charge in [-0.3, -0.25) is 0 Å². The van der Waals surface area contributed by atoms with Crippen LogP contribution < -0.4 is 4.74 Å². The lowest BCUT2D eigenvalue weighted by Crippen LogP contribution is -1.92. The fraction of sp³-hybridized carbons (Fsp3) is 0.0833. The van der Waals surface area contributed by atoms with E-state index in [9.17, 15) is 0 Å². The molecule has 2 heteroatoms. The number of para-hydroxylation sites is 1. The van der Waals surface area contributed by atoms with Crippen molar-refractivity contribution in [2.24, 2.45) is 0 Å². The van der Waals surface area contributed by atoms with Gasteiger partial charge in [0.1, 0.15) is 0 Å². The van der Waals surface area contributed by atoms with E-state index in [0.29, 0.717) is 11.4 Å². The Kier molecular flexibility index (Phi) is 2.08. The van der Waals surface area contributed by atoms with Crippen LogP contribution in [-0.2, 0) is 0 Å². The second-order valence-electron chi connectivity index (χ2n) is 2.88. The Balaban J connectivity index is 2.77. The first kappa shape index (κ1) is 8.58. The van der Waals surface area contributed by atoms with Crippen molar-refractivity contribution in [1.29, 1.82) is 0 Å². The van der Waals surface area contributed by atoms with E-state index in [1.165, 1.54) is 0 Å². The van der Waals surface area contributed by atoms with Gasteiger partial charge in [0.25, 0.3) is 0 Å². The first-order chi connectivity index (χ1) is 6.85. The van der Waals surface area contributed by atoms with Gasteiger partial charge in [0.15, 0.2) is 0 Å². The molecule has 1 aromatic carbocycles. The number of terminal acetylenes is 1. The largest absolute Gasteiger partial charge is 0.480 e. The van der Waals surface area contributed by atoms with E-state index in [1.807, 2.05) is 30.3 Å². The van der Waals surface area contributed by atoms with Gasteiger partial charge in [-0.05, 0) is 12.1 Å². The maximum atomic E-state index is 5.35. The highest BCUT2D eigenvalue weighted by Crippen LogP contribution is 2.20. The van der Waals surface area contributed by atoms with Crippen LogP contribution in [0.4, 0.5) is 0 Å². The average molecular weight is 183 g/mol. The van der Waals surface area contributed by atoms with Crippen LogP contribution in [0.3, 0.4) is 0 Å². The summed E-state index contributed by atoms with van der Waals surface area (Å²) in [6.45, 7) is 0. The molecule has 0 N–H and O–H groups in total.